The summed E-state index contributed by atoms with van der Waals surface area (Å²) in [7, 11) is 1.35. The van der Waals surface area contributed by atoms with Crippen molar-refractivity contribution in [3.63, 3.8) is 0 Å². The number of methoxy groups -OCH3 is 1. The van der Waals surface area contributed by atoms with Crippen LogP contribution < -0.4 is 5.56 Å². The zero-order chi connectivity index (χ0) is 15.9. The van der Waals surface area contributed by atoms with Gasteiger partial charge in [0.05, 0.1) is 13.0 Å². The summed E-state index contributed by atoms with van der Waals surface area (Å²) in [5, 5.41) is 0. The number of aromatic nitrogens is 1. The molecule has 0 amide bonds. The van der Waals surface area contributed by atoms with Crippen molar-refractivity contribution < 1.29 is 9.53 Å². The Hall–Kier alpha value is -2.36. The lowest BCUT2D eigenvalue weighted by molar-refractivity contribution is -0.142. The molecule has 0 aliphatic carbocycles. The van der Waals surface area contributed by atoms with Crippen LogP contribution in [-0.4, -0.2) is 18.1 Å². The second kappa shape index (κ2) is 7.59. The molecule has 1 atom stereocenters. The van der Waals surface area contributed by atoms with Gasteiger partial charge < -0.3 is 9.72 Å². The highest BCUT2D eigenvalue weighted by molar-refractivity contribution is 5.77. The Balaban J connectivity index is 2.25. The third kappa shape index (κ3) is 3.85. The van der Waals surface area contributed by atoms with Gasteiger partial charge in [0, 0.05) is 17.7 Å². The molecule has 1 unspecified atom stereocenters. The molecule has 0 radical (unpaired) electrons. The molecular formula is C18H21NO3. The van der Waals surface area contributed by atoms with Crippen molar-refractivity contribution in [1.29, 1.82) is 0 Å². The number of carbonyl (C=O) groups excluding carboxylic acids is 1. The highest BCUT2D eigenvalue weighted by Gasteiger charge is 2.23. The molecule has 1 heterocycles. The number of carbonyl (C=O) groups is 1. The Morgan fingerprint density at radius 3 is 2.50 bits per heavy atom. The Bertz CT molecular complexity index is 676. The Morgan fingerprint density at radius 2 is 1.91 bits per heavy atom. The van der Waals surface area contributed by atoms with Gasteiger partial charge in [0.2, 0.25) is 0 Å². The molecule has 0 saturated heterocycles. The highest BCUT2D eigenvalue weighted by Crippen LogP contribution is 2.20. The average Bonchev–Trinajstić information content (AvgIpc) is 2.54. The van der Waals surface area contributed by atoms with Crippen LogP contribution in [-0.2, 0) is 16.0 Å². The molecule has 1 aromatic heterocycles. The average molecular weight is 299 g/mol. The number of rotatable bonds is 6. The first-order valence-electron chi connectivity index (χ1n) is 7.49. The van der Waals surface area contributed by atoms with Crippen molar-refractivity contribution in [2.45, 2.75) is 32.1 Å². The minimum absolute atomic E-state index is 0.211. The predicted molar refractivity (Wildman–Crippen MR) is 86.0 cm³/mol. The van der Waals surface area contributed by atoms with Crippen molar-refractivity contribution in [2.75, 3.05) is 7.11 Å². The molecule has 0 spiro atoms. The molecule has 22 heavy (non-hydrogen) atoms. The molecule has 0 bridgehead atoms. The summed E-state index contributed by atoms with van der Waals surface area (Å²) in [4.78, 5) is 27.0. The first-order valence-corrected chi connectivity index (χ1v) is 7.49. The molecule has 2 aromatic rings. The van der Waals surface area contributed by atoms with Gasteiger partial charge in [-0.15, -0.1) is 0 Å². The molecule has 4 nitrogen and oxygen atoms in total. The van der Waals surface area contributed by atoms with E-state index in [1.807, 2.05) is 43.3 Å². The van der Waals surface area contributed by atoms with E-state index in [0.717, 1.165) is 17.7 Å². The highest BCUT2D eigenvalue weighted by atomic mass is 16.5. The fraction of sp³-hybridized carbons (Fsp3) is 0.333. The van der Waals surface area contributed by atoms with Crippen LogP contribution >= 0.6 is 0 Å². The van der Waals surface area contributed by atoms with Crippen molar-refractivity contribution in [2.24, 2.45) is 0 Å². The lowest BCUT2D eigenvalue weighted by atomic mass is 9.95. The molecule has 1 aromatic carbocycles. The van der Waals surface area contributed by atoms with Crippen LogP contribution in [0.4, 0.5) is 0 Å². The Kier molecular flexibility index (Phi) is 5.53. The van der Waals surface area contributed by atoms with Crippen LogP contribution in [0.2, 0.25) is 0 Å². The van der Waals surface area contributed by atoms with Gasteiger partial charge in [-0.3, -0.25) is 9.59 Å². The number of H-pyrrole nitrogens is 1. The molecule has 116 valence electrons. The summed E-state index contributed by atoms with van der Waals surface area (Å²) < 4.78 is 4.81. The van der Waals surface area contributed by atoms with Crippen LogP contribution in [0, 0.1) is 0 Å². The molecule has 0 aliphatic heterocycles. The predicted octanol–water partition coefficient (Wildman–Crippen LogP) is 3.02. The zero-order valence-corrected chi connectivity index (χ0v) is 13.0. The second-order valence-corrected chi connectivity index (χ2v) is 5.29. The Labute approximate surface area is 130 Å². The molecule has 4 heteroatoms. The molecule has 2 rings (SSSR count). The maximum atomic E-state index is 12.3. The van der Waals surface area contributed by atoms with E-state index in [1.54, 1.807) is 6.07 Å². The van der Waals surface area contributed by atoms with Gasteiger partial charge in [0.15, 0.2) is 0 Å². The third-order valence-corrected chi connectivity index (χ3v) is 3.68. The van der Waals surface area contributed by atoms with E-state index >= 15 is 0 Å². The summed E-state index contributed by atoms with van der Waals surface area (Å²) in [6, 6.07) is 13.5. The van der Waals surface area contributed by atoms with Crippen molar-refractivity contribution in [3.8, 4) is 0 Å². The number of benzene rings is 1. The zero-order valence-electron chi connectivity index (χ0n) is 13.0. The second-order valence-electron chi connectivity index (χ2n) is 5.29. The maximum absolute atomic E-state index is 12.3. The van der Waals surface area contributed by atoms with Crippen LogP contribution in [0.15, 0.2) is 47.3 Å². The number of nitrogens with one attached hydrogen (secondary N) is 1. The topological polar surface area (TPSA) is 59.2 Å². The van der Waals surface area contributed by atoms with Gasteiger partial charge in [-0.05, 0) is 18.1 Å². The molecule has 1 N–H and O–H groups in total. The summed E-state index contributed by atoms with van der Waals surface area (Å²) in [6.45, 7) is 1.98. The maximum Gasteiger partial charge on any atom is 0.313 e. The smallest absolute Gasteiger partial charge is 0.313 e. The summed E-state index contributed by atoms with van der Waals surface area (Å²) in [5.74, 6) is -0.854. The van der Waals surface area contributed by atoms with Crippen molar-refractivity contribution in [3.05, 3.63) is 69.6 Å². The van der Waals surface area contributed by atoms with Gasteiger partial charge in [-0.25, -0.2) is 0 Å². The number of aromatic amines is 1. The number of hydrogen-bond donors (Lipinski definition) is 1. The molecular weight excluding hydrogens is 278 g/mol. The molecule has 0 fully saturated rings. The SMILES string of the molecule is CCCC(C(=O)OC)c1ccc(Cc2ccccc2)[nH]c1=O. The lowest BCUT2D eigenvalue weighted by Gasteiger charge is -2.13. The lowest BCUT2D eigenvalue weighted by Crippen LogP contribution is -2.23. The fourth-order valence-corrected chi connectivity index (χ4v) is 2.55. The van der Waals surface area contributed by atoms with E-state index in [1.165, 1.54) is 7.11 Å². The van der Waals surface area contributed by atoms with E-state index < -0.39 is 5.92 Å². The molecule has 0 aliphatic rings. The van der Waals surface area contributed by atoms with E-state index in [2.05, 4.69) is 4.98 Å². The van der Waals surface area contributed by atoms with Gasteiger partial charge in [0.1, 0.15) is 0 Å². The van der Waals surface area contributed by atoms with E-state index in [4.69, 9.17) is 4.74 Å². The largest absolute Gasteiger partial charge is 0.469 e. The van der Waals surface area contributed by atoms with Crippen LogP contribution in [0.3, 0.4) is 0 Å². The summed E-state index contributed by atoms with van der Waals surface area (Å²) >= 11 is 0. The monoisotopic (exact) mass is 299 g/mol. The minimum Gasteiger partial charge on any atom is -0.469 e. The van der Waals surface area contributed by atoms with Gasteiger partial charge in [-0.1, -0.05) is 49.7 Å². The minimum atomic E-state index is -0.496. The first-order chi connectivity index (χ1) is 10.7. The van der Waals surface area contributed by atoms with Crippen LogP contribution in [0.1, 0.15) is 42.5 Å². The van der Waals surface area contributed by atoms with E-state index in [9.17, 15) is 9.59 Å². The normalized spacial score (nSPS) is 11.9. The third-order valence-electron chi connectivity index (χ3n) is 3.68. The van der Waals surface area contributed by atoms with Gasteiger partial charge in [-0.2, -0.15) is 0 Å². The number of pyridine rings is 1. The fourth-order valence-electron chi connectivity index (χ4n) is 2.55. The quantitative estimate of drug-likeness (QED) is 0.834. The van der Waals surface area contributed by atoms with Gasteiger partial charge in [0.25, 0.3) is 5.56 Å². The van der Waals surface area contributed by atoms with E-state index in [0.29, 0.717) is 18.4 Å². The van der Waals surface area contributed by atoms with Gasteiger partial charge >= 0.3 is 5.97 Å². The standard InChI is InChI=1S/C18H21NO3/c1-3-7-16(18(21)22-2)15-11-10-14(19-17(15)20)12-13-8-5-4-6-9-13/h4-6,8-11,16H,3,7,12H2,1-2H3,(H,19,20). The first kappa shape index (κ1) is 16.0. The summed E-state index contributed by atoms with van der Waals surface area (Å²) in [5.41, 5.74) is 2.23. The molecule has 0 saturated carbocycles. The Morgan fingerprint density at radius 1 is 1.18 bits per heavy atom. The van der Waals surface area contributed by atoms with Crippen molar-refractivity contribution >= 4 is 5.97 Å². The van der Waals surface area contributed by atoms with Crippen molar-refractivity contribution in [1.82, 2.24) is 4.98 Å². The number of ether oxygens (including phenoxy) is 1. The van der Waals surface area contributed by atoms with Crippen LogP contribution in [0.5, 0.6) is 0 Å². The summed E-state index contributed by atoms with van der Waals surface area (Å²) in [6.07, 6.45) is 2.08. The van der Waals surface area contributed by atoms with E-state index in [-0.39, 0.29) is 11.5 Å². The number of hydrogen-bond acceptors (Lipinski definition) is 3. The van der Waals surface area contributed by atoms with Crippen LogP contribution in [0.25, 0.3) is 0 Å². The number of esters is 1.